The Morgan fingerprint density at radius 1 is 0.941 bits per heavy atom. The Labute approximate surface area is 201 Å². The number of carbonyl (C=O) groups is 2. The summed E-state index contributed by atoms with van der Waals surface area (Å²) >= 11 is 0. The fourth-order valence-corrected chi connectivity index (χ4v) is 4.18. The Morgan fingerprint density at radius 2 is 1.68 bits per heavy atom. The monoisotopic (exact) mass is 457 g/mol. The third-order valence-electron chi connectivity index (χ3n) is 6.07. The lowest BCUT2D eigenvalue weighted by atomic mass is 10.0. The molecule has 0 bridgehead atoms. The van der Waals surface area contributed by atoms with Gasteiger partial charge in [0.2, 0.25) is 0 Å². The van der Waals surface area contributed by atoms with Crippen molar-refractivity contribution in [3.63, 3.8) is 0 Å². The van der Waals surface area contributed by atoms with Crippen LogP contribution in [0.3, 0.4) is 0 Å². The number of nitrogens with one attached hydrogen (secondary N) is 1. The van der Waals surface area contributed by atoms with Crippen molar-refractivity contribution in [2.45, 2.75) is 40.3 Å². The standard InChI is InChI=1S/C28H31N3O3/c1-20-10-12-22(3)24(16-20)18-30-14-7-15-31(28(30)33)26-13-11-21(2)17-25(26)29-27(32)34-19-23-8-5-4-6-9-23/h4-6,8-13,16-17H,7,14-15,18-19H2,1-3H3,(H,29,32). The lowest BCUT2D eigenvalue weighted by Crippen LogP contribution is -2.49. The minimum absolute atomic E-state index is 0.0586. The van der Waals surface area contributed by atoms with Crippen LogP contribution in [0.1, 0.15) is 34.2 Å². The van der Waals surface area contributed by atoms with Gasteiger partial charge in [-0.05, 0) is 61.6 Å². The number of aryl methyl sites for hydroxylation is 3. The summed E-state index contributed by atoms with van der Waals surface area (Å²) < 4.78 is 5.40. The Kier molecular flexibility index (Phi) is 7.16. The molecule has 0 radical (unpaired) electrons. The molecule has 6 heteroatoms. The fourth-order valence-electron chi connectivity index (χ4n) is 4.18. The van der Waals surface area contributed by atoms with Crippen LogP contribution in [0.2, 0.25) is 0 Å². The molecule has 0 atom stereocenters. The number of rotatable bonds is 6. The molecule has 3 amide bonds. The molecule has 4 rings (SSSR count). The molecule has 1 fully saturated rings. The number of ether oxygens (including phenoxy) is 1. The van der Waals surface area contributed by atoms with E-state index in [0.29, 0.717) is 31.0 Å². The maximum Gasteiger partial charge on any atom is 0.412 e. The second kappa shape index (κ2) is 10.4. The van der Waals surface area contributed by atoms with Crippen molar-refractivity contribution in [3.05, 3.63) is 94.5 Å². The summed E-state index contributed by atoms with van der Waals surface area (Å²) in [7, 11) is 0. The Hall–Kier alpha value is -3.80. The van der Waals surface area contributed by atoms with Crippen LogP contribution in [0, 0.1) is 20.8 Å². The summed E-state index contributed by atoms with van der Waals surface area (Å²) in [4.78, 5) is 29.6. The van der Waals surface area contributed by atoms with Gasteiger partial charge >= 0.3 is 12.1 Å². The maximum atomic E-state index is 13.5. The molecule has 0 saturated carbocycles. The summed E-state index contributed by atoms with van der Waals surface area (Å²) in [5.41, 5.74) is 6.66. The molecule has 1 aliphatic heterocycles. The number of amides is 3. The van der Waals surface area contributed by atoms with Crippen LogP contribution < -0.4 is 10.2 Å². The van der Waals surface area contributed by atoms with E-state index in [1.54, 1.807) is 4.90 Å². The van der Waals surface area contributed by atoms with Crippen molar-refractivity contribution in [2.75, 3.05) is 23.3 Å². The van der Waals surface area contributed by atoms with Crippen LogP contribution in [0.25, 0.3) is 0 Å². The number of anilines is 2. The quantitative estimate of drug-likeness (QED) is 0.480. The molecule has 0 spiro atoms. The van der Waals surface area contributed by atoms with Crippen molar-refractivity contribution in [1.82, 2.24) is 4.90 Å². The number of urea groups is 1. The van der Waals surface area contributed by atoms with Gasteiger partial charge in [-0.15, -0.1) is 0 Å². The number of carbonyl (C=O) groups excluding carboxylic acids is 2. The van der Waals surface area contributed by atoms with Crippen molar-refractivity contribution < 1.29 is 14.3 Å². The smallest absolute Gasteiger partial charge is 0.412 e. The SMILES string of the molecule is Cc1ccc(C)c(CN2CCCN(c3ccc(C)cc3NC(=O)OCc3ccccc3)C2=O)c1. The first kappa shape index (κ1) is 23.4. The van der Waals surface area contributed by atoms with Crippen LogP contribution in [0.5, 0.6) is 0 Å². The van der Waals surface area contributed by atoms with Crippen LogP contribution in [-0.2, 0) is 17.9 Å². The highest BCUT2D eigenvalue weighted by Crippen LogP contribution is 2.31. The summed E-state index contributed by atoms with van der Waals surface area (Å²) in [6.07, 6.45) is 0.301. The topological polar surface area (TPSA) is 61.9 Å². The second-order valence-electron chi connectivity index (χ2n) is 8.85. The summed E-state index contributed by atoms with van der Waals surface area (Å²) in [5, 5.41) is 2.85. The van der Waals surface area contributed by atoms with E-state index < -0.39 is 6.09 Å². The van der Waals surface area contributed by atoms with E-state index in [1.807, 2.05) is 60.4 Å². The first-order valence-electron chi connectivity index (χ1n) is 11.6. The van der Waals surface area contributed by atoms with E-state index in [1.165, 1.54) is 11.1 Å². The lowest BCUT2D eigenvalue weighted by molar-refractivity contribution is 0.155. The number of benzene rings is 3. The van der Waals surface area contributed by atoms with Crippen molar-refractivity contribution in [1.29, 1.82) is 0 Å². The van der Waals surface area contributed by atoms with Crippen LogP contribution >= 0.6 is 0 Å². The van der Waals surface area contributed by atoms with E-state index >= 15 is 0 Å². The first-order chi connectivity index (χ1) is 16.4. The summed E-state index contributed by atoms with van der Waals surface area (Å²) in [5.74, 6) is 0. The molecule has 0 aromatic heterocycles. The first-order valence-corrected chi connectivity index (χ1v) is 11.6. The molecule has 3 aromatic carbocycles. The van der Waals surface area contributed by atoms with Crippen LogP contribution in [0.15, 0.2) is 66.7 Å². The molecule has 1 heterocycles. The molecular weight excluding hydrogens is 426 g/mol. The maximum absolute atomic E-state index is 13.5. The van der Waals surface area contributed by atoms with Gasteiger partial charge in [-0.2, -0.15) is 0 Å². The predicted molar refractivity (Wildman–Crippen MR) is 135 cm³/mol. The molecular formula is C28H31N3O3. The minimum atomic E-state index is -0.549. The average molecular weight is 458 g/mol. The van der Waals surface area contributed by atoms with Gasteiger partial charge in [-0.3, -0.25) is 10.2 Å². The Morgan fingerprint density at radius 3 is 2.47 bits per heavy atom. The van der Waals surface area contributed by atoms with Gasteiger partial charge in [0, 0.05) is 19.6 Å². The molecule has 34 heavy (non-hydrogen) atoms. The van der Waals surface area contributed by atoms with E-state index in [2.05, 4.69) is 37.4 Å². The zero-order valence-corrected chi connectivity index (χ0v) is 20.0. The molecule has 0 unspecified atom stereocenters. The number of hydrogen-bond acceptors (Lipinski definition) is 3. The highest BCUT2D eigenvalue weighted by atomic mass is 16.5. The van der Waals surface area contributed by atoms with E-state index in [9.17, 15) is 9.59 Å². The number of hydrogen-bond donors (Lipinski definition) is 1. The third kappa shape index (κ3) is 5.57. The summed E-state index contributed by atoms with van der Waals surface area (Å²) in [6.45, 7) is 8.14. The Bertz CT molecular complexity index is 1180. The van der Waals surface area contributed by atoms with Crippen molar-refractivity contribution in [2.24, 2.45) is 0 Å². The normalized spacial score (nSPS) is 13.7. The summed E-state index contributed by atoms with van der Waals surface area (Å²) in [6, 6.07) is 21.5. The van der Waals surface area contributed by atoms with Gasteiger partial charge in [-0.1, -0.05) is 60.2 Å². The molecule has 1 aliphatic rings. The Balaban J connectivity index is 1.50. The van der Waals surface area contributed by atoms with Gasteiger partial charge in [0.25, 0.3) is 0 Å². The lowest BCUT2D eigenvalue weighted by Gasteiger charge is -2.36. The second-order valence-corrected chi connectivity index (χ2v) is 8.85. The molecule has 176 valence electrons. The predicted octanol–water partition coefficient (Wildman–Crippen LogP) is 6.19. The molecule has 0 aliphatic carbocycles. The minimum Gasteiger partial charge on any atom is -0.444 e. The molecule has 1 N–H and O–H groups in total. The zero-order chi connectivity index (χ0) is 24.1. The third-order valence-corrected chi connectivity index (χ3v) is 6.07. The van der Waals surface area contributed by atoms with Crippen LogP contribution in [0.4, 0.5) is 21.0 Å². The molecule has 3 aromatic rings. The van der Waals surface area contributed by atoms with Gasteiger partial charge in [0.05, 0.1) is 11.4 Å². The van der Waals surface area contributed by atoms with Gasteiger partial charge < -0.3 is 9.64 Å². The van der Waals surface area contributed by atoms with Gasteiger partial charge in [-0.25, -0.2) is 9.59 Å². The van der Waals surface area contributed by atoms with E-state index in [0.717, 1.165) is 23.1 Å². The van der Waals surface area contributed by atoms with Crippen LogP contribution in [-0.4, -0.2) is 30.1 Å². The van der Waals surface area contributed by atoms with Gasteiger partial charge in [0.1, 0.15) is 6.61 Å². The zero-order valence-electron chi connectivity index (χ0n) is 20.0. The largest absolute Gasteiger partial charge is 0.444 e. The average Bonchev–Trinajstić information content (AvgIpc) is 2.82. The molecule has 1 saturated heterocycles. The highest BCUT2D eigenvalue weighted by molar-refractivity contribution is 5.99. The van der Waals surface area contributed by atoms with E-state index in [4.69, 9.17) is 4.74 Å². The van der Waals surface area contributed by atoms with Gasteiger partial charge in [0.15, 0.2) is 0 Å². The van der Waals surface area contributed by atoms with Crippen molar-refractivity contribution >= 4 is 23.5 Å². The van der Waals surface area contributed by atoms with E-state index in [-0.39, 0.29) is 12.6 Å². The fraction of sp³-hybridized carbons (Fsp3) is 0.286. The highest BCUT2D eigenvalue weighted by Gasteiger charge is 2.29. The van der Waals surface area contributed by atoms with Crippen molar-refractivity contribution in [3.8, 4) is 0 Å². The molecule has 6 nitrogen and oxygen atoms in total. The number of nitrogens with zero attached hydrogens (tertiary/aromatic N) is 2.